The summed E-state index contributed by atoms with van der Waals surface area (Å²) in [5, 5.41) is 13.0. The van der Waals surface area contributed by atoms with Gasteiger partial charge in [0.15, 0.2) is 0 Å². The minimum Gasteiger partial charge on any atom is -0.433 e. The molecule has 0 bridgehead atoms. The lowest BCUT2D eigenvalue weighted by atomic mass is 10.0. The first-order chi connectivity index (χ1) is 13.0. The highest BCUT2D eigenvalue weighted by atomic mass is 19.3. The van der Waals surface area contributed by atoms with Crippen LogP contribution in [0.15, 0.2) is 72.8 Å². The Balaban J connectivity index is 1.91. The number of anilines is 1. The van der Waals surface area contributed by atoms with Crippen LogP contribution >= 0.6 is 0 Å². The Bertz CT molecular complexity index is 882. The lowest BCUT2D eigenvalue weighted by Gasteiger charge is -2.15. The van der Waals surface area contributed by atoms with E-state index in [-0.39, 0.29) is 5.75 Å². The van der Waals surface area contributed by atoms with E-state index in [4.69, 9.17) is 0 Å². The fourth-order valence-corrected chi connectivity index (χ4v) is 2.82. The summed E-state index contributed by atoms with van der Waals surface area (Å²) >= 11 is 0. The average Bonchev–Trinajstić information content (AvgIpc) is 2.67. The quantitative estimate of drug-likeness (QED) is 0.568. The molecule has 1 unspecified atom stereocenters. The van der Waals surface area contributed by atoms with E-state index >= 15 is 0 Å². The van der Waals surface area contributed by atoms with Crippen LogP contribution in [-0.2, 0) is 6.54 Å². The molecule has 0 aliphatic heterocycles. The summed E-state index contributed by atoms with van der Waals surface area (Å²) in [5.41, 5.74) is 4.04. The number of hydrogen-bond acceptors (Lipinski definition) is 3. The molecule has 0 spiro atoms. The summed E-state index contributed by atoms with van der Waals surface area (Å²) in [6.45, 7) is -0.713. The van der Waals surface area contributed by atoms with Crippen molar-refractivity contribution in [3.05, 3.63) is 83.9 Å². The number of hydrogen-bond donors (Lipinski definition) is 2. The van der Waals surface area contributed by atoms with Crippen molar-refractivity contribution in [1.29, 1.82) is 0 Å². The molecule has 2 N–H and O–H groups in total. The van der Waals surface area contributed by atoms with Crippen molar-refractivity contribution in [1.82, 2.24) is 0 Å². The van der Waals surface area contributed by atoms with Crippen LogP contribution < -0.4 is 10.1 Å². The van der Waals surface area contributed by atoms with E-state index in [2.05, 4.69) is 10.1 Å². The number of nitrogens with one attached hydrogen (secondary N) is 1. The predicted octanol–water partition coefficient (Wildman–Crippen LogP) is 5.62. The van der Waals surface area contributed by atoms with Crippen molar-refractivity contribution in [2.24, 2.45) is 0 Å². The topological polar surface area (TPSA) is 41.5 Å². The monoisotopic (exact) mass is 369 g/mol. The highest BCUT2D eigenvalue weighted by molar-refractivity contribution is 5.72. The third-order valence-electron chi connectivity index (χ3n) is 4.22. The number of aliphatic hydroxyl groups is 1. The van der Waals surface area contributed by atoms with Crippen molar-refractivity contribution >= 4 is 5.69 Å². The van der Waals surface area contributed by atoms with Crippen LogP contribution in [0.4, 0.5) is 14.5 Å². The van der Waals surface area contributed by atoms with Crippen molar-refractivity contribution in [3.63, 3.8) is 0 Å². The Morgan fingerprint density at radius 3 is 2.37 bits per heavy atom. The van der Waals surface area contributed by atoms with E-state index in [1.165, 1.54) is 6.07 Å². The number of benzene rings is 3. The number of rotatable bonds is 7. The summed E-state index contributed by atoms with van der Waals surface area (Å²) in [6, 6.07) is 22.2. The number of aliphatic hydroxyl groups excluding tert-OH is 1. The first-order valence-electron chi connectivity index (χ1n) is 8.68. The first-order valence-corrected chi connectivity index (χ1v) is 8.68. The second-order valence-electron chi connectivity index (χ2n) is 6.23. The molecule has 1 atom stereocenters. The van der Waals surface area contributed by atoms with Gasteiger partial charge in [0, 0.05) is 6.54 Å². The highest BCUT2D eigenvalue weighted by Gasteiger charge is 2.12. The molecule has 0 heterocycles. The minimum absolute atomic E-state index is 0.0939. The van der Waals surface area contributed by atoms with E-state index in [9.17, 15) is 13.9 Å². The van der Waals surface area contributed by atoms with E-state index in [1.807, 2.05) is 54.6 Å². The molecule has 0 aliphatic rings. The molecule has 0 saturated heterocycles. The highest BCUT2D eigenvalue weighted by Crippen LogP contribution is 2.33. The maximum Gasteiger partial charge on any atom is 0.387 e. The van der Waals surface area contributed by atoms with Gasteiger partial charge < -0.3 is 15.2 Å². The Morgan fingerprint density at radius 1 is 0.926 bits per heavy atom. The summed E-state index contributed by atoms with van der Waals surface area (Å²) in [7, 11) is 0. The van der Waals surface area contributed by atoms with Crippen molar-refractivity contribution in [2.75, 3.05) is 5.32 Å². The van der Waals surface area contributed by atoms with Gasteiger partial charge >= 0.3 is 6.61 Å². The maximum absolute atomic E-state index is 12.8. The van der Waals surface area contributed by atoms with E-state index < -0.39 is 12.7 Å². The number of halogens is 2. The smallest absolute Gasteiger partial charge is 0.387 e. The van der Waals surface area contributed by atoms with Gasteiger partial charge in [-0.3, -0.25) is 0 Å². The van der Waals surface area contributed by atoms with Crippen molar-refractivity contribution in [3.8, 4) is 16.9 Å². The molecule has 3 nitrogen and oxygen atoms in total. The van der Waals surface area contributed by atoms with Crippen LogP contribution in [-0.4, -0.2) is 11.7 Å². The second kappa shape index (κ2) is 8.64. The van der Waals surface area contributed by atoms with Crippen LogP contribution in [0, 0.1) is 0 Å². The lowest BCUT2D eigenvalue weighted by molar-refractivity contribution is -0.0493. The summed E-state index contributed by atoms with van der Waals surface area (Å²) in [6.07, 6.45) is -0.581. The average molecular weight is 369 g/mol. The second-order valence-corrected chi connectivity index (χ2v) is 6.23. The van der Waals surface area contributed by atoms with E-state index in [0.29, 0.717) is 12.2 Å². The van der Waals surface area contributed by atoms with Crippen LogP contribution in [0.3, 0.4) is 0 Å². The Hall–Kier alpha value is -2.92. The molecule has 0 amide bonds. The molecule has 140 valence electrons. The normalized spacial score (nSPS) is 12.0. The molecule has 0 aliphatic carbocycles. The van der Waals surface area contributed by atoms with Gasteiger partial charge in [0.05, 0.1) is 11.8 Å². The van der Waals surface area contributed by atoms with Crippen molar-refractivity contribution in [2.45, 2.75) is 26.2 Å². The van der Waals surface area contributed by atoms with Gasteiger partial charge in [-0.15, -0.1) is 0 Å². The van der Waals surface area contributed by atoms with Gasteiger partial charge in [-0.1, -0.05) is 54.6 Å². The fraction of sp³-hybridized carbons (Fsp3) is 0.182. The van der Waals surface area contributed by atoms with Gasteiger partial charge in [-0.25, -0.2) is 0 Å². The molecule has 0 aromatic heterocycles. The molecule has 0 radical (unpaired) electrons. The van der Waals surface area contributed by atoms with Crippen LogP contribution in [0.25, 0.3) is 11.1 Å². The zero-order chi connectivity index (χ0) is 19.2. The lowest BCUT2D eigenvalue weighted by Crippen LogP contribution is -2.07. The maximum atomic E-state index is 12.8. The third kappa shape index (κ3) is 5.05. The summed E-state index contributed by atoms with van der Waals surface area (Å²) < 4.78 is 30.2. The van der Waals surface area contributed by atoms with Gasteiger partial charge in [-0.2, -0.15) is 8.78 Å². The summed E-state index contributed by atoms with van der Waals surface area (Å²) in [5.74, 6) is 0.0939. The molecule has 3 aromatic rings. The van der Waals surface area contributed by atoms with E-state index in [1.54, 1.807) is 19.1 Å². The Morgan fingerprint density at radius 2 is 1.67 bits per heavy atom. The van der Waals surface area contributed by atoms with Crippen molar-refractivity contribution < 1.29 is 18.6 Å². The minimum atomic E-state index is -2.90. The number of ether oxygens (including phenoxy) is 1. The van der Waals surface area contributed by atoms with Gasteiger partial charge in [-0.05, 0) is 47.4 Å². The first kappa shape index (κ1) is 18.9. The Labute approximate surface area is 157 Å². The predicted molar refractivity (Wildman–Crippen MR) is 103 cm³/mol. The third-order valence-corrected chi connectivity index (χ3v) is 4.22. The van der Waals surface area contributed by atoms with Crippen LogP contribution in [0.2, 0.25) is 0 Å². The molecule has 0 fully saturated rings. The Kier molecular flexibility index (Phi) is 6.04. The van der Waals surface area contributed by atoms with E-state index in [0.717, 1.165) is 22.3 Å². The summed E-state index contributed by atoms with van der Waals surface area (Å²) in [4.78, 5) is 0. The molecule has 0 saturated carbocycles. The van der Waals surface area contributed by atoms with Gasteiger partial charge in [0.25, 0.3) is 0 Å². The standard InChI is InChI=1S/C22H21F2NO2/c1-15(26)17-8-5-9-18(12-17)19-10-11-21(27-22(23)24)20(13-19)25-14-16-6-3-2-4-7-16/h2-13,15,22,25-26H,14H2,1H3. The molecule has 3 aromatic carbocycles. The largest absolute Gasteiger partial charge is 0.433 e. The zero-order valence-electron chi connectivity index (χ0n) is 14.9. The molecule has 5 heteroatoms. The molecular weight excluding hydrogens is 348 g/mol. The van der Waals surface area contributed by atoms with Crippen LogP contribution in [0.1, 0.15) is 24.2 Å². The fourth-order valence-electron chi connectivity index (χ4n) is 2.82. The van der Waals surface area contributed by atoms with Gasteiger partial charge in [0.2, 0.25) is 0 Å². The molecule has 27 heavy (non-hydrogen) atoms. The molecular formula is C22H21F2NO2. The van der Waals surface area contributed by atoms with Gasteiger partial charge in [0.1, 0.15) is 5.75 Å². The zero-order valence-corrected chi connectivity index (χ0v) is 14.9. The number of alkyl halides is 2. The SMILES string of the molecule is CC(O)c1cccc(-c2ccc(OC(F)F)c(NCc3ccccc3)c2)c1. The van der Waals surface area contributed by atoms with Crippen LogP contribution in [0.5, 0.6) is 5.75 Å². The molecule has 3 rings (SSSR count).